The van der Waals surface area contributed by atoms with Crippen LogP contribution in [-0.4, -0.2) is 26.3 Å². The fraction of sp³-hybridized carbons (Fsp3) is 0.538. The maximum Gasteiger partial charge on any atom is 0.0476 e. The molecule has 0 amide bonds. The van der Waals surface area contributed by atoms with Gasteiger partial charge in [-0.25, -0.2) is 0 Å². The van der Waals surface area contributed by atoms with E-state index in [1.165, 1.54) is 5.56 Å². The maximum atomic E-state index is 6.08. The highest BCUT2D eigenvalue weighted by Gasteiger charge is 2.02. The lowest BCUT2D eigenvalue weighted by molar-refractivity contribution is 0.185. The molecule has 0 aliphatic carbocycles. The molecule has 1 rings (SSSR count). The number of halogens is 1. The Morgan fingerprint density at radius 2 is 2.12 bits per heavy atom. The first-order valence-electron chi connectivity index (χ1n) is 5.69. The molecule has 0 aliphatic rings. The van der Waals surface area contributed by atoms with Crippen LogP contribution < -0.4 is 5.32 Å². The lowest BCUT2D eigenvalue weighted by Crippen LogP contribution is -2.29. The van der Waals surface area contributed by atoms with Gasteiger partial charge >= 0.3 is 0 Å². The van der Waals surface area contributed by atoms with Crippen LogP contribution in [0, 0.1) is 0 Å². The van der Waals surface area contributed by atoms with Crippen molar-refractivity contribution in [2.75, 3.05) is 20.3 Å². The van der Waals surface area contributed by atoms with E-state index in [4.69, 9.17) is 16.3 Å². The Morgan fingerprint density at radius 3 is 2.81 bits per heavy atom. The molecule has 1 aromatic rings. The van der Waals surface area contributed by atoms with Crippen molar-refractivity contribution in [2.45, 2.75) is 25.8 Å². The van der Waals surface area contributed by atoms with Crippen molar-refractivity contribution in [1.82, 2.24) is 5.32 Å². The Labute approximate surface area is 103 Å². The van der Waals surface area contributed by atoms with Crippen LogP contribution in [0.25, 0.3) is 0 Å². The summed E-state index contributed by atoms with van der Waals surface area (Å²) in [5.74, 6) is 0. The fourth-order valence-corrected chi connectivity index (χ4v) is 1.78. The molecular weight excluding hydrogens is 222 g/mol. The molecule has 1 N–H and O–H groups in total. The van der Waals surface area contributed by atoms with E-state index >= 15 is 0 Å². The number of rotatable bonds is 7. The van der Waals surface area contributed by atoms with Crippen LogP contribution in [0.5, 0.6) is 0 Å². The zero-order chi connectivity index (χ0) is 11.8. The minimum atomic E-state index is 0.488. The second-order valence-corrected chi connectivity index (χ2v) is 4.39. The van der Waals surface area contributed by atoms with Gasteiger partial charge in [0.25, 0.3) is 0 Å². The summed E-state index contributed by atoms with van der Waals surface area (Å²) in [5, 5.41) is 4.31. The first kappa shape index (κ1) is 13.5. The van der Waals surface area contributed by atoms with Gasteiger partial charge < -0.3 is 10.1 Å². The molecule has 0 spiro atoms. The zero-order valence-electron chi connectivity index (χ0n) is 10.0. The first-order valence-corrected chi connectivity index (χ1v) is 6.07. The summed E-state index contributed by atoms with van der Waals surface area (Å²) in [5.41, 5.74) is 1.20. The van der Waals surface area contributed by atoms with E-state index in [9.17, 15) is 0 Å². The molecule has 0 aliphatic heterocycles. The summed E-state index contributed by atoms with van der Waals surface area (Å²) in [6, 6.07) is 8.48. The van der Waals surface area contributed by atoms with Crippen molar-refractivity contribution in [3.63, 3.8) is 0 Å². The highest BCUT2D eigenvalue weighted by atomic mass is 35.5. The van der Waals surface area contributed by atoms with Crippen LogP contribution in [0.15, 0.2) is 24.3 Å². The first-order chi connectivity index (χ1) is 7.74. The van der Waals surface area contributed by atoms with Crippen LogP contribution in [0.2, 0.25) is 5.02 Å². The normalized spacial score (nSPS) is 12.7. The summed E-state index contributed by atoms with van der Waals surface area (Å²) in [4.78, 5) is 0. The number of hydrogen-bond acceptors (Lipinski definition) is 2. The van der Waals surface area contributed by atoms with Gasteiger partial charge in [0.1, 0.15) is 0 Å². The van der Waals surface area contributed by atoms with Gasteiger partial charge in [-0.2, -0.15) is 0 Å². The average Bonchev–Trinajstić information content (AvgIpc) is 2.29. The van der Waals surface area contributed by atoms with E-state index in [1.54, 1.807) is 7.11 Å². The molecule has 0 radical (unpaired) electrons. The minimum Gasteiger partial charge on any atom is -0.385 e. The molecule has 0 fully saturated rings. The third-order valence-corrected chi connectivity index (χ3v) is 2.97. The summed E-state index contributed by atoms with van der Waals surface area (Å²) < 4.78 is 5.04. The molecule has 16 heavy (non-hydrogen) atoms. The monoisotopic (exact) mass is 241 g/mol. The standard InChI is InChI=1S/C13H20ClNO/c1-11(8-10-16-2)15-9-7-12-5-3-4-6-13(12)14/h3-6,11,15H,7-10H2,1-2H3. The molecular formula is C13H20ClNO. The van der Waals surface area contributed by atoms with Crippen molar-refractivity contribution < 1.29 is 4.74 Å². The Balaban J connectivity index is 2.23. The summed E-state index contributed by atoms with van der Waals surface area (Å²) in [7, 11) is 1.73. The van der Waals surface area contributed by atoms with E-state index in [-0.39, 0.29) is 0 Å². The fourth-order valence-electron chi connectivity index (χ4n) is 1.55. The van der Waals surface area contributed by atoms with Gasteiger partial charge in [-0.15, -0.1) is 0 Å². The number of nitrogens with one attached hydrogen (secondary N) is 1. The van der Waals surface area contributed by atoms with E-state index < -0.39 is 0 Å². The molecule has 0 aromatic heterocycles. The van der Waals surface area contributed by atoms with Crippen LogP contribution >= 0.6 is 11.6 Å². The highest BCUT2D eigenvalue weighted by molar-refractivity contribution is 6.31. The zero-order valence-corrected chi connectivity index (χ0v) is 10.8. The highest BCUT2D eigenvalue weighted by Crippen LogP contribution is 2.14. The van der Waals surface area contributed by atoms with Gasteiger partial charge in [0, 0.05) is 24.8 Å². The second kappa shape index (κ2) is 7.66. The van der Waals surface area contributed by atoms with Gasteiger partial charge in [0.15, 0.2) is 0 Å². The summed E-state index contributed by atoms with van der Waals surface area (Å²) in [6.45, 7) is 3.93. The van der Waals surface area contributed by atoms with Crippen molar-refractivity contribution in [1.29, 1.82) is 0 Å². The molecule has 0 bridgehead atoms. The van der Waals surface area contributed by atoms with E-state index in [1.807, 2.05) is 18.2 Å². The van der Waals surface area contributed by atoms with Crippen molar-refractivity contribution in [2.24, 2.45) is 0 Å². The molecule has 1 aromatic carbocycles. The van der Waals surface area contributed by atoms with Crippen LogP contribution in [0.1, 0.15) is 18.9 Å². The molecule has 0 saturated heterocycles. The van der Waals surface area contributed by atoms with Gasteiger partial charge in [-0.3, -0.25) is 0 Å². The number of ether oxygens (including phenoxy) is 1. The van der Waals surface area contributed by atoms with Crippen LogP contribution in [0.3, 0.4) is 0 Å². The van der Waals surface area contributed by atoms with Gasteiger partial charge in [-0.1, -0.05) is 29.8 Å². The quantitative estimate of drug-likeness (QED) is 0.793. The molecule has 1 atom stereocenters. The summed E-state index contributed by atoms with van der Waals surface area (Å²) >= 11 is 6.08. The van der Waals surface area contributed by atoms with E-state index in [0.29, 0.717) is 6.04 Å². The third-order valence-electron chi connectivity index (χ3n) is 2.60. The molecule has 1 unspecified atom stereocenters. The van der Waals surface area contributed by atoms with Gasteiger partial charge in [0.05, 0.1) is 0 Å². The molecule has 3 heteroatoms. The van der Waals surface area contributed by atoms with Crippen molar-refractivity contribution in [3.8, 4) is 0 Å². The molecule has 0 saturated carbocycles. The number of benzene rings is 1. The average molecular weight is 242 g/mol. The third kappa shape index (κ3) is 4.97. The SMILES string of the molecule is COCCC(C)NCCc1ccccc1Cl. The van der Waals surface area contributed by atoms with Gasteiger partial charge in [-0.05, 0) is 37.9 Å². The Kier molecular flexibility index (Phi) is 6.46. The predicted molar refractivity (Wildman–Crippen MR) is 69.1 cm³/mol. The molecule has 90 valence electrons. The van der Waals surface area contributed by atoms with Crippen molar-refractivity contribution >= 4 is 11.6 Å². The lowest BCUT2D eigenvalue weighted by atomic mass is 10.1. The number of methoxy groups -OCH3 is 1. The number of hydrogen-bond donors (Lipinski definition) is 1. The molecule has 0 heterocycles. The lowest BCUT2D eigenvalue weighted by Gasteiger charge is -2.13. The Hall–Kier alpha value is -0.570. The van der Waals surface area contributed by atoms with Crippen LogP contribution in [-0.2, 0) is 11.2 Å². The van der Waals surface area contributed by atoms with Crippen LogP contribution in [0.4, 0.5) is 0 Å². The predicted octanol–water partition coefficient (Wildman–Crippen LogP) is 2.90. The molecule has 2 nitrogen and oxygen atoms in total. The maximum absolute atomic E-state index is 6.08. The smallest absolute Gasteiger partial charge is 0.0476 e. The largest absolute Gasteiger partial charge is 0.385 e. The Morgan fingerprint density at radius 1 is 1.38 bits per heavy atom. The summed E-state index contributed by atoms with van der Waals surface area (Å²) in [6.07, 6.45) is 2.01. The topological polar surface area (TPSA) is 21.3 Å². The van der Waals surface area contributed by atoms with Crippen molar-refractivity contribution in [3.05, 3.63) is 34.9 Å². The minimum absolute atomic E-state index is 0.488. The second-order valence-electron chi connectivity index (χ2n) is 3.98. The van der Waals surface area contributed by atoms with E-state index in [2.05, 4.69) is 18.3 Å². The Bertz CT molecular complexity index is 304. The van der Waals surface area contributed by atoms with Gasteiger partial charge in [0.2, 0.25) is 0 Å². The van der Waals surface area contributed by atoms with E-state index in [0.717, 1.165) is 31.0 Å².